The number of rotatable bonds is 7. The fourth-order valence-electron chi connectivity index (χ4n) is 2.26. The van der Waals surface area contributed by atoms with Gasteiger partial charge in [-0.1, -0.05) is 39.0 Å². The fourth-order valence-corrected chi connectivity index (χ4v) is 5.02. The van der Waals surface area contributed by atoms with Gasteiger partial charge in [0.2, 0.25) is 0 Å². The molecule has 1 aliphatic heterocycles. The molecule has 106 valence electrons. The molecule has 1 amide bonds. The lowest BCUT2D eigenvalue weighted by atomic mass is 10.1. The molecular formula is C13H19NO3S2. The first-order valence-corrected chi connectivity index (χ1v) is 9.10. The van der Waals surface area contributed by atoms with E-state index in [1.54, 1.807) is 10.8 Å². The van der Waals surface area contributed by atoms with Crippen molar-refractivity contribution in [1.82, 2.24) is 4.31 Å². The Bertz CT molecular complexity index is 548. The van der Waals surface area contributed by atoms with Crippen LogP contribution >= 0.6 is 11.3 Å². The molecule has 0 fully saturated rings. The van der Waals surface area contributed by atoms with Gasteiger partial charge in [0.15, 0.2) is 0 Å². The number of nitrogens with zero attached hydrogens (tertiary/aromatic N) is 1. The van der Waals surface area contributed by atoms with Gasteiger partial charge in [-0.2, -0.15) is 11.3 Å². The van der Waals surface area contributed by atoms with Crippen molar-refractivity contribution in [3.63, 3.8) is 0 Å². The lowest BCUT2D eigenvalue weighted by Crippen LogP contribution is -2.31. The van der Waals surface area contributed by atoms with Crippen molar-refractivity contribution in [1.29, 1.82) is 0 Å². The molecule has 0 spiro atoms. The van der Waals surface area contributed by atoms with Crippen LogP contribution in [0, 0.1) is 0 Å². The average Bonchev–Trinajstić information content (AvgIpc) is 2.92. The van der Waals surface area contributed by atoms with Crippen molar-refractivity contribution in [3.05, 3.63) is 16.3 Å². The third-order valence-electron chi connectivity index (χ3n) is 3.37. The van der Waals surface area contributed by atoms with Gasteiger partial charge in [-0.3, -0.25) is 4.79 Å². The number of carbonyl (C=O) groups excluding carboxylic acids is 1. The highest BCUT2D eigenvalue weighted by Gasteiger charge is 2.41. The minimum absolute atomic E-state index is 0.188. The largest absolute Gasteiger partial charge is 0.269 e. The molecule has 0 N–H and O–H groups in total. The number of unbranched alkanes of at least 4 members (excludes halogenated alkanes) is 5. The average molecular weight is 301 g/mol. The fraction of sp³-hybridized carbons (Fsp3) is 0.615. The lowest BCUT2D eigenvalue weighted by molar-refractivity contribution is 0.0870. The molecule has 0 radical (unpaired) electrons. The van der Waals surface area contributed by atoms with Crippen LogP contribution in [0.15, 0.2) is 15.7 Å². The number of carbonyl (C=O) groups is 1. The standard InChI is InChI=1S/C13H19NO3S2/c1-2-3-4-5-6-7-8-14-13(15)11-9-18-10-12(11)19(14,16)17/h9-10H,2-8H2,1H3. The van der Waals surface area contributed by atoms with Crippen molar-refractivity contribution in [2.24, 2.45) is 0 Å². The molecule has 0 aromatic carbocycles. The molecule has 4 nitrogen and oxygen atoms in total. The molecule has 6 heteroatoms. The van der Waals surface area contributed by atoms with E-state index in [2.05, 4.69) is 6.92 Å². The summed E-state index contributed by atoms with van der Waals surface area (Å²) >= 11 is 1.26. The zero-order valence-electron chi connectivity index (χ0n) is 11.1. The van der Waals surface area contributed by atoms with Crippen molar-refractivity contribution in [2.45, 2.75) is 50.3 Å². The molecule has 1 aliphatic rings. The number of thiophene rings is 1. The molecule has 0 aliphatic carbocycles. The molecule has 1 aromatic rings. The third kappa shape index (κ3) is 2.84. The van der Waals surface area contributed by atoms with Crippen LogP contribution in [0.1, 0.15) is 55.8 Å². The molecule has 0 unspecified atom stereocenters. The molecule has 19 heavy (non-hydrogen) atoms. The van der Waals surface area contributed by atoms with E-state index in [-0.39, 0.29) is 10.8 Å². The van der Waals surface area contributed by atoms with Crippen molar-refractivity contribution in [2.75, 3.05) is 6.54 Å². The zero-order chi connectivity index (χ0) is 13.9. The molecule has 1 aromatic heterocycles. The maximum atomic E-state index is 12.1. The van der Waals surface area contributed by atoms with E-state index in [0.29, 0.717) is 12.1 Å². The highest BCUT2D eigenvalue weighted by atomic mass is 32.2. The van der Waals surface area contributed by atoms with Gasteiger partial charge in [-0.25, -0.2) is 12.7 Å². The van der Waals surface area contributed by atoms with E-state index in [9.17, 15) is 13.2 Å². The minimum atomic E-state index is -3.56. The van der Waals surface area contributed by atoms with E-state index < -0.39 is 10.0 Å². The topological polar surface area (TPSA) is 54.5 Å². The van der Waals surface area contributed by atoms with Crippen molar-refractivity contribution in [3.8, 4) is 0 Å². The Hall–Kier alpha value is -0.880. The Morgan fingerprint density at radius 1 is 1.11 bits per heavy atom. The monoisotopic (exact) mass is 301 g/mol. The number of amides is 1. The first kappa shape index (κ1) is 14.5. The molecule has 0 atom stereocenters. The summed E-state index contributed by atoms with van der Waals surface area (Å²) in [5.41, 5.74) is 0.344. The van der Waals surface area contributed by atoms with E-state index in [0.717, 1.165) is 23.6 Å². The lowest BCUT2D eigenvalue weighted by Gasteiger charge is -2.14. The zero-order valence-corrected chi connectivity index (χ0v) is 12.7. The molecule has 2 rings (SSSR count). The van der Waals surface area contributed by atoms with Crippen LogP contribution in [-0.2, 0) is 10.0 Å². The summed E-state index contributed by atoms with van der Waals surface area (Å²) in [4.78, 5) is 12.2. The van der Waals surface area contributed by atoms with Gasteiger partial charge in [-0.15, -0.1) is 0 Å². The maximum Gasteiger partial charge on any atom is 0.269 e. The number of hydrogen-bond donors (Lipinski definition) is 0. The Morgan fingerprint density at radius 3 is 2.47 bits per heavy atom. The highest BCUT2D eigenvalue weighted by Crippen LogP contribution is 2.33. The molecule has 0 bridgehead atoms. The smallest absolute Gasteiger partial charge is 0.268 e. The summed E-state index contributed by atoms with van der Waals surface area (Å²) in [7, 11) is -3.56. The van der Waals surface area contributed by atoms with Crippen LogP contribution in [0.5, 0.6) is 0 Å². The summed E-state index contributed by atoms with van der Waals surface area (Å²) in [6.07, 6.45) is 6.44. The second kappa shape index (κ2) is 6.05. The van der Waals surface area contributed by atoms with Gasteiger partial charge in [0.25, 0.3) is 15.9 Å². The van der Waals surface area contributed by atoms with Crippen LogP contribution < -0.4 is 0 Å². The number of hydrogen-bond acceptors (Lipinski definition) is 4. The summed E-state index contributed by atoms with van der Waals surface area (Å²) < 4.78 is 25.3. The highest BCUT2D eigenvalue weighted by molar-refractivity contribution is 7.90. The summed E-state index contributed by atoms with van der Waals surface area (Å²) in [6, 6.07) is 0. The van der Waals surface area contributed by atoms with Gasteiger partial charge in [0.1, 0.15) is 4.90 Å². The van der Waals surface area contributed by atoms with Crippen LogP contribution in [0.25, 0.3) is 0 Å². The van der Waals surface area contributed by atoms with E-state index in [4.69, 9.17) is 0 Å². The maximum absolute atomic E-state index is 12.1. The normalized spacial score (nSPS) is 16.9. The predicted octanol–water partition coefficient (Wildman–Crippen LogP) is 3.25. The first-order chi connectivity index (χ1) is 9.09. The quantitative estimate of drug-likeness (QED) is 0.726. The SMILES string of the molecule is CCCCCCCCN1C(=O)c2cscc2S1(=O)=O. The van der Waals surface area contributed by atoms with Gasteiger partial charge >= 0.3 is 0 Å². The Balaban J connectivity index is 1.89. The second-order valence-electron chi connectivity index (χ2n) is 4.80. The minimum Gasteiger partial charge on any atom is -0.268 e. The van der Waals surface area contributed by atoms with Gasteiger partial charge in [0, 0.05) is 17.3 Å². The second-order valence-corrected chi connectivity index (χ2v) is 7.37. The summed E-state index contributed by atoms with van der Waals surface area (Å²) in [5.74, 6) is -0.357. The van der Waals surface area contributed by atoms with Crippen LogP contribution in [-0.4, -0.2) is 25.2 Å². The molecule has 2 heterocycles. The summed E-state index contributed by atoms with van der Waals surface area (Å²) in [5, 5.41) is 3.17. The molecular weight excluding hydrogens is 282 g/mol. The Kier molecular flexibility index (Phi) is 4.62. The Labute approximate surface area is 118 Å². The number of sulfonamides is 1. The van der Waals surface area contributed by atoms with E-state index in [1.807, 2.05) is 0 Å². The van der Waals surface area contributed by atoms with Crippen molar-refractivity contribution >= 4 is 27.3 Å². The van der Waals surface area contributed by atoms with Crippen LogP contribution in [0.4, 0.5) is 0 Å². The van der Waals surface area contributed by atoms with Gasteiger partial charge < -0.3 is 0 Å². The number of fused-ring (bicyclic) bond motifs is 1. The third-order valence-corrected chi connectivity index (χ3v) is 6.08. The van der Waals surface area contributed by atoms with Gasteiger partial charge in [0.05, 0.1) is 5.56 Å². The van der Waals surface area contributed by atoms with E-state index >= 15 is 0 Å². The molecule has 0 saturated carbocycles. The first-order valence-electron chi connectivity index (χ1n) is 6.72. The van der Waals surface area contributed by atoms with Gasteiger partial charge in [-0.05, 0) is 6.42 Å². The predicted molar refractivity (Wildman–Crippen MR) is 75.9 cm³/mol. The van der Waals surface area contributed by atoms with Crippen molar-refractivity contribution < 1.29 is 13.2 Å². The summed E-state index contributed by atoms with van der Waals surface area (Å²) in [6.45, 7) is 2.47. The van der Waals surface area contributed by atoms with Crippen LogP contribution in [0.2, 0.25) is 0 Å². The van der Waals surface area contributed by atoms with E-state index in [1.165, 1.54) is 30.6 Å². The molecule has 0 saturated heterocycles. The Morgan fingerprint density at radius 2 is 1.79 bits per heavy atom. The van der Waals surface area contributed by atoms with Crippen LogP contribution in [0.3, 0.4) is 0 Å².